The zero-order valence-electron chi connectivity index (χ0n) is 6.63. The normalized spacial score (nSPS) is 29.0. The number of allylic oxidation sites excluding steroid dienone is 7. The summed E-state index contributed by atoms with van der Waals surface area (Å²) in [7, 11) is 0. The molecule has 1 rings (SSSR count). The lowest BCUT2D eigenvalue weighted by Crippen LogP contribution is -2.15. The van der Waals surface area contributed by atoms with Crippen LogP contribution in [0.5, 0.6) is 0 Å². The van der Waals surface area contributed by atoms with Crippen LogP contribution in [0, 0.1) is 0 Å². The highest BCUT2D eigenvalue weighted by Crippen LogP contribution is 2.35. The van der Waals surface area contributed by atoms with Crippen molar-refractivity contribution in [3.8, 4) is 0 Å². The molecule has 1 aliphatic rings. The summed E-state index contributed by atoms with van der Waals surface area (Å²) in [6, 6.07) is 0. The maximum absolute atomic E-state index is 3.65. The third kappa shape index (κ3) is 2.76. The van der Waals surface area contributed by atoms with E-state index < -0.39 is 0 Å². The predicted molar refractivity (Wildman–Crippen MR) is 61.8 cm³/mol. The first-order chi connectivity index (χ1) is 5.66. The quantitative estimate of drug-likeness (QED) is 0.530. The van der Waals surface area contributed by atoms with Crippen molar-refractivity contribution < 1.29 is 0 Å². The number of halogens is 2. The number of rotatable bonds is 2. The van der Waals surface area contributed by atoms with Crippen LogP contribution in [0.25, 0.3) is 0 Å². The van der Waals surface area contributed by atoms with Crippen molar-refractivity contribution in [3.63, 3.8) is 0 Å². The van der Waals surface area contributed by atoms with E-state index >= 15 is 0 Å². The highest BCUT2D eigenvalue weighted by Gasteiger charge is 2.22. The van der Waals surface area contributed by atoms with Gasteiger partial charge in [-0.3, -0.25) is 0 Å². The molecular weight excluding hydrogens is 280 g/mol. The maximum Gasteiger partial charge on any atom is 0.0667 e. The van der Waals surface area contributed by atoms with Gasteiger partial charge in [0.1, 0.15) is 0 Å². The van der Waals surface area contributed by atoms with Gasteiger partial charge in [0.25, 0.3) is 0 Å². The topological polar surface area (TPSA) is 0 Å². The van der Waals surface area contributed by atoms with Crippen LogP contribution in [0.1, 0.15) is 6.42 Å². The minimum absolute atomic E-state index is 0.0330. The molecule has 64 valence electrons. The fraction of sp³-hybridized carbons (Fsp3) is 0.200. The van der Waals surface area contributed by atoms with Crippen LogP contribution >= 0.6 is 31.9 Å². The molecule has 0 bridgehead atoms. The van der Waals surface area contributed by atoms with E-state index in [1.54, 1.807) is 6.08 Å². The van der Waals surface area contributed by atoms with E-state index in [-0.39, 0.29) is 4.32 Å². The van der Waals surface area contributed by atoms with Crippen LogP contribution in [-0.4, -0.2) is 4.32 Å². The molecule has 0 spiro atoms. The third-order valence-electron chi connectivity index (χ3n) is 1.60. The van der Waals surface area contributed by atoms with Crippen LogP contribution in [0.15, 0.2) is 47.5 Å². The lowest BCUT2D eigenvalue weighted by Gasteiger charge is -2.21. The van der Waals surface area contributed by atoms with Crippen LogP contribution in [0.2, 0.25) is 0 Å². The maximum atomic E-state index is 3.65. The Morgan fingerprint density at radius 3 is 2.92 bits per heavy atom. The summed E-state index contributed by atoms with van der Waals surface area (Å²) in [5.41, 5.74) is 0. The fourth-order valence-corrected chi connectivity index (χ4v) is 2.63. The van der Waals surface area contributed by atoms with Crippen molar-refractivity contribution in [2.45, 2.75) is 10.7 Å². The Morgan fingerprint density at radius 2 is 2.33 bits per heavy atom. The van der Waals surface area contributed by atoms with E-state index in [2.05, 4.69) is 56.7 Å². The fourth-order valence-electron chi connectivity index (χ4n) is 1.03. The Hall–Kier alpha value is -0.0800. The van der Waals surface area contributed by atoms with Crippen molar-refractivity contribution in [2.24, 2.45) is 0 Å². The summed E-state index contributed by atoms with van der Waals surface area (Å²) in [5.74, 6) is 0. The lowest BCUT2D eigenvalue weighted by molar-refractivity contribution is 0.892. The van der Waals surface area contributed by atoms with E-state index in [1.807, 2.05) is 12.2 Å². The van der Waals surface area contributed by atoms with E-state index in [1.165, 1.54) is 4.48 Å². The van der Waals surface area contributed by atoms with Gasteiger partial charge in [-0.2, -0.15) is 0 Å². The van der Waals surface area contributed by atoms with E-state index in [4.69, 9.17) is 0 Å². The smallest absolute Gasteiger partial charge is 0.0667 e. The third-order valence-corrected chi connectivity index (χ3v) is 2.95. The molecule has 12 heavy (non-hydrogen) atoms. The molecule has 0 aliphatic heterocycles. The highest BCUT2D eigenvalue weighted by molar-refractivity contribution is 9.12. The van der Waals surface area contributed by atoms with E-state index in [0.29, 0.717) is 0 Å². The Bertz CT molecular complexity index is 257. The van der Waals surface area contributed by atoms with Gasteiger partial charge in [-0.05, 0) is 4.48 Å². The van der Waals surface area contributed by atoms with Gasteiger partial charge in [0.05, 0.1) is 4.32 Å². The molecule has 1 unspecified atom stereocenters. The van der Waals surface area contributed by atoms with E-state index in [0.717, 1.165) is 6.42 Å². The molecule has 0 nitrogen and oxygen atoms in total. The SMILES string of the molecule is C=CC=CC1(Br)C=CC=C(Br)C1. The Kier molecular flexibility index (Phi) is 3.53. The summed E-state index contributed by atoms with van der Waals surface area (Å²) >= 11 is 7.12. The number of hydrogen-bond donors (Lipinski definition) is 0. The zero-order valence-corrected chi connectivity index (χ0v) is 9.81. The zero-order chi connectivity index (χ0) is 9.03. The minimum atomic E-state index is -0.0330. The summed E-state index contributed by atoms with van der Waals surface area (Å²) < 4.78 is 1.17. The van der Waals surface area contributed by atoms with E-state index in [9.17, 15) is 0 Å². The Balaban J connectivity index is 2.75. The number of alkyl halides is 1. The van der Waals surface area contributed by atoms with Gasteiger partial charge < -0.3 is 0 Å². The summed E-state index contributed by atoms with van der Waals surface area (Å²) in [4.78, 5) is 0. The van der Waals surface area contributed by atoms with Crippen LogP contribution in [-0.2, 0) is 0 Å². The molecule has 0 heterocycles. The first kappa shape index (κ1) is 10.0. The van der Waals surface area contributed by atoms with Crippen molar-refractivity contribution in [3.05, 3.63) is 47.5 Å². The molecule has 0 aromatic heterocycles. The van der Waals surface area contributed by atoms with Crippen molar-refractivity contribution in [1.82, 2.24) is 0 Å². The average Bonchev–Trinajstić information content (AvgIpc) is 2.01. The lowest BCUT2D eigenvalue weighted by atomic mass is 10.0. The Labute approximate surface area is 90.0 Å². The van der Waals surface area contributed by atoms with Gasteiger partial charge in [-0.25, -0.2) is 0 Å². The molecule has 1 atom stereocenters. The molecule has 1 aliphatic carbocycles. The number of hydrogen-bond acceptors (Lipinski definition) is 0. The van der Waals surface area contributed by atoms with Crippen LogP contribution < -0.4 is 0 Å². The minimum Gasteiger partial charge on any atom is -0.0991 e. The van der Waals surface area contributed by atoms with Gasteiger partial charge in [0, 0.05) is 6.42 Å². The largest absolute Gasteiger partial charge is 0.0991 e. The summed E-state index contributed by atoms with van der Waals surface area (Å²) in [6.45, 7) is 3.64. The molecule has 0 saturated heterocycles. The first-order valence-electron chi connectivity index (χ1n) is 3.69. The molecule has 0 aromatic carbocycles. The van der Waals surface area contributed by atoms with Crippen molar-refractivity contribution in [1.29, 1.82) is 0 Å². The van der Waals surface area contributed by atoms with Gasteiger partial charge >= 0.3 is 0 Å². The molecule has 0 amide bonds. The van der Waals surface area contributed by atoms with Gasteiger partial charge in [-0.15, -0.1) is 0 Å². The second-order valence-corrected chi connectivity index (χ2v) is 5.17. The second-order valence-electron chi connectivity index (χ2n) is 2.67. The molecule has 0 fully saturated rings. The van der Waals surface area contributed by atoms with Crippen molar-refractivity contribution >= 4 is 31.9 Å². The summed E-state index contributed by atoms with van der Waals surface area (Å²) in [5, 5.41) is 0. The molecular formula is C10H10Br2. The second kappa shape index (κ2) is 4.24. The molecule has 0 aromatic rings. The Morgan fingerprint density at radius 1 is 1.58 bits per heavy atom. The average molecular weight is 290 g/mol. The standard InChI is InChI=1S/C10H10Br2/c1-2-3-6-10(12)7-4-5-9(11)8-10/h2-7H,1,8H2. The molecule has 0 radical (unpaired) electrons. The summed E-state index contributed by atoms with van der Waals surface area (Å²) in [6.07, 6.45) is 13.0. The van der Waals surface area contributed by atoms with Crippen LogP contribution in [0.4, 0.5) is 0 Å². The van der Waals surface area contributed by atoms with Gasteiger partial charge in [0.2, 0.25) is 0 Å². The predicted octanol–water partition coefficient (Wildman–Crippen LogP) is 4.10. The first-order valence-corrected chi connectivity index (χ1v) is 5.28. The van der Waals surface area contributed by atoms with Gasteiger partial charge in [-0.1, -0.05) is 74.9 Å². The van der Waals surface area contributed by atoms with Gasteiger partial charge in [0.15, 0.2) is 0 Å². The molecule has 0 saturated carbocycles. The monoisotopic (exact) mass is 288 g/mol. The highest BCUT2D eigenvalue weighted by atomic mass is 79.9. The van der Waals surface area contributed by atoms with Crippen molar-refractivity contribution in [2.75, 3.05) is 0 Å². The van der Waals surface area contributed by atoms with Crippen LogP contribution in [0.3, 0.4) is 0 Å². The molecule has 0 N–H and O–H groups in total. The molecule has 2 heteroatoms.